The van der Waals surface area contributed by atoms with Crippen LogP contribution in [0.25, 0.3) is 6.08 Å². The van der Waals surface area contributed by atoms with Crippen LogP contribution in [-0.2, 0) is 16.1 Å². The van der Waals surface area contributed by atoms with E-state index < -0.39 is 11.9 Å². The molecule has 0 aliphatic carbocycles. The first-order chi connectivity index (χ1) is 17.4. The van der Waals surface area contributed by atoms with E-state index in [4.69, 9.17) is 9.47 Å². The molecular weight excluding hydrogens is 589 g/mol. The zero-order valence-corrected chi connectivity index (χ0v) is 22.3. The molecule has 182 valence electrons. The van der Waals surface area contributed by atoms with Gasteiger partial charge in [-0.2, -0.15) is 0 Å². The van der Waals surface area contributed by atoms with E-state index in [0.717, 1.165) is 22.9 Å². The number of carbonyl (C=O) groups excluding carboxylic acids is 2. The molecule has 1 N–H and O–H groups in total. The van der Waals surface area contributed by atoms with Crippen molar-refractivity contribution in [2.75, 3.05) is 6.61 Å². The Morgan fingerprint density at radius 3 is 2.36 bits per heavy atom. The van der Waals surface area contributed by atoms with Crippen molar-refractivity contribution in [3.05, 3.63) is 115 Å². The van der Waals surface area contributed by atoms with Crippen molar-refractivity contribution >= 4 is 57.3 Å². The number of halogens is 1. The lowest BCUT2D eigenvalue weighted by atomic mass is 10.1. The number of rotatable bonds is 7. The minimum Gasteiger partial charge on any atom is -0.506 e. The highest BCUT2D eigenvalue weighted by atomic mass is 127. The summed E-state index contributed by atoms with van der Waals surface area (Å²) in [5.41, 5.74) is 2.12. The molecule has 0 aromatic heterocycles. The minimum absolute atomic E-state index is 0.100. The number of ether oxygens (including phenoxy) is 2. The van der Waals surface area contributed by atoms with Gasteiger partial charge in [0.1, 0.15) is 28.7 Å². The first kappa shape index (κ1) is 25.7. The van der Waals surface area contributed by atoms with Gasteiger partial charge in [-0.25, -0.2) is 9.79 Å². The predicted molar refractivity (Wildman–Crippen MR) is 150 cm³/mol. The Morgan fingerprint density at radius 1 is 1.00 bits per heavy atom. The number of aliphatic hydroxyl groups excluding tert-OH is 1. The third-order valence-electron chi connectivity index (χ3n) is 5.09. The largest absolute Gasteiger partial charge is 0.506 e. The van der Waals surface area contributed by atoms with Crippen molar-refractivity contribution in [3.63, 3.8) is 0 Å². The molecule has 0 radical (unpaired) electrons. The van der Waals surface area contributed by atoms with Gasteiger partial charge >= 0.3 is 5.97 Å². The van der Waals surface area contributed by atoms with Gasteiger partial charge in [-0.15, -0.1) is 0 Å². The summed E-state index contributed by atoms with van der Waals surface area (Å²) in [6.07, 6.45) is 1.72. The molecule has 0 saturated carbocycles. The smallest absolute Gasteiger partial charge is 0.344 e. The molecule has 1 aliphatic rings. The molecule has 3 aromatic rings. The summed E-state index contributed by atoms with van der Waals surface area (Å²) in [5.74, 6) is -0.803. The molecular formula is C28H22INO5S. The summed E-state index contributed by atoms with van der Waals surface area (Å²) in [5, 5.41) is 10.9. The molecule has 0 bridgehead atoms. The summed E-state index contributed by atoms with van der Waals surface area (Å²) in [7, 11) is 0. The number of esters is 1. The topological polar surface area (TPSA) is 85.2 Å². The van der Waals surface area contributed by atoms with E-state index >= 15 is 0 Å². The molecule has 0 fully saturated rings. The van der Waals surface area contributed by atoms with Gasteiger partial charge in [0.05, 0.1) is 11.5 Å². The van der Waals surface area contributed by atoms with Crippen molar-refractivity contribution in [1.29, 1.82) is 0 Å². The first-order valence-corrected chi connectivity index (χ1v) is 13.0. The fourth-order valence-electron chi connectivity index (χ4n) is 3.29. The summed E-state index contributed by atoms with van der Waals surface area (Å²) in [4.78, 5) is 29.7. The quantitative estimate of drug-likeness (QED) is 0.240. The monoisotopic (exact) mass is 611 g/mol. The molecule has 36 heavy (non-hydrogen) atoms. The van der Waals surface area contributed by atoms with Crippen molar-refractivity contribution in [1.82, 2.24) is 0 Å². The van der Waals surface area contributed by atoms with E-state index in [0.29, 0.717) is 22.8 Å². The minimum atomic E-state index is -0.732. The number of nitrogens with zero attached hydrogens (tertiary/aromatic N) is 1. The van der Waals surface area contributed by atoms with E-state index in [1.165, 1.54) is 3.57 Å². The fraction of sp³-hybridized carbons (Fsp3) is 0.107. The highest BCUT2D eigenvalue weighted by Crippen LogP contribution is 2.39. The van der Waals surface area contributed by atoms with E-state index in [9.17, 15) is 14.7 Å². The molecule has 1 aliphatic heterocycles. The summed E-state index contributed by atoms with van der Waals surface area (Å²) in [6.45, 7) is 2.25. The molecule has 3 aromatic carbocycles. The number of benzene rings is 3. The lowest BCUT2D eigenvalue weighted by molar-refractivity contribution is -0.138. The van der Waals surface area contributed by atoms with Crippen LogP contribution in [0.2, 0.25) is 0 Å². The van der Waals surface area contributed by atoms with Crippen LogP contribution in [0.1, 0.15) is 28.4 Å². The standard InChI is InChI=1S/C28H22INO5S/c1-2-34-28(33)24-25(31)23(36-27(24)30-26(32)20-6-4-3-5-7-20)16-18-10-14-22(15-11-18)35-17-19-8-12-21(29)13-9-19/h3-16,31H,2,17H2,1H3/b23-16-,30-27?. The Morgan fingerprint density at radius 2 is 1.69 bits per heavy atom. The Kier molecular flexibility index (Phi) is 8.61. The normalized spacial score (nSPS) is 15.4. The molecule has 1 heterocycles. The van der Waals surface area contributed by atoms with E-state index in [1.807, 2.05) is 48.5 Å². The van der Waals surface area contributed by atoms with Gasteiger partial charge in [0, 0.05) is 9.13 Å². The average molecular weight is 611 g/mol. The predicted octanol–water partition coefficient (Wildman–Crippen LogP) is 6.57. The zero-order valence-electron chi connectivity index (χ0n) is 19.3. The summed E-state index contributed by atoms with van der Waals surface area (Å²) >= 11 is 3.31. The maximum Gasteiger partial charge on any atom is 0.344 e. The van der Waals surface area contributed by atoms with Crippen molar-refractivity contribution in [2.45, 2.75) is 13.5 Å². The average Bonchev–Trinajstić information content (AvgIpc) is 3.19. The van der Waals surface area contributed by atoms with Crippen LogP contribution >= 0.6 is 34.4 Å². The first-order valence-electron chi connectivity index (χ1n) is 11.1. The van der Waals surface area contributed by atoms with Crippen LogP contribution in [0, 0.1) is 3.57 Å². The van der Waals surface area contributed by atoms with Gasteiger partial charge in [0.25, 0.3) is 5.91 Å². The number of hydrogen-bond donors (Lipinski definition) is 1. The second-order valence-corrected chi connectivity index (χ2v) is 9.90. The van der Waals surface area contributed by atoms with E-state index in [2.05, 4.69) is 27.6 Å². The van der Waals surface area contributed by atoms with Crippen LogP contribution in [0.15, 0.2) is 100 Å². The third kappa shape index (κ3) is 6.44. The molecule has 0 saturated heterocycles. The van der Waals surface area contributed by atoms with Crippen LogP contribution in [0.4, 0.5) is 0 Å². The van der Waals surface area contributed by atoms with Crippen molar-refractivity contribution in [2.24, 2.45) is 4.99 Å². The van der Waals surface area contributed by atoms with Gasteiger partial charge in [0.15, 0.2) is 0 Å². The van der Waals surface area contributed by atoms with Crippen LogP contribution < -0.4 is 4.74 Å². The van der Waals surface area contributed by atoms with Crippen LogP contribution in [-0.4, -0.2) is 28.6 Å². The maximum atomic E-state index is 12.6. The van der Waals surface area contributed by atoms with Gasteiger partial charge in [-0.1, -0.05) is 54.2 Å². The lowest BCUT2D eigenvalue weighted by Crippen LogP contribution is -2.14. The fourth-order valence-corrected chi connectivity index (χ4v) is 4.66. The maximum absolute atomic E-state index is 12.6. The second kappa shape index (κ2) is 12.0. The molecule has 8 heteroatoms. The number of amides is 1. The molecule has 0 atom stereocenters. The molecule has 0 unspecified atom stereocenters. The van der Waals surface area contributed by atoms with Crippen molar-refractivity contribution < 1.29 is 24.2 Å². The highest BCUT2D eigenvalue weighted by Gasteiger charge is 2.33. The summed E-state index contributed by atoms with van der Waals surface area (Å²) in [6, 6.07) is 24.0. The SMILES string of the molecule is CCOC(=O)C1=C(O)/C(=C/c2ccc(OCc3ccc(I)cc3)cc2)SC1=NC(=O)c1ccccc1. The van der Waals surface area contributed by atoms with Gasteiger partial charge in [0.2, 0.25) is 0 Å². The Balaban J connectivity index is 1.54. The van der Waals surface area contributed by atoms with Gasteiger partial charge in [-0.3, -0.25) is 4.79 Å². The molecule has 1 amide bonds. The molecule has 6 nitrogen and oxygen atoms in total. The number of aliphatic imine (C=N–C) groups is 1. The molecule has 4 rings (SSSR count). The second-order valence-electron chi connectivity index (χ2n) is 7.63. The zero-order chi connectivity index (χ0) is 25.5. The summed E-state index contributed by atoms with van der Waals surface area (Å²) < 4.78 is 12.1. The van der Waals surface area contributed by atoms with Crippen LogP contribution in [0.3, 0.4) is 0 Å². The third-order valence-corrected chi connectivity index (χ3v) is 6.83. The lowest BCUT2D eigenvalue weighted by Gasteiger charge is -2.07. The van der Waals surface area contributed by atoms with Gasteiger partial charge < -0.3 is 14.6 Å². The van der Waals surface area contributed by atoms with Gasteiger partial charge in [-0.05, 0) is 83.1 Å². The number of thioether (sulfide) groups is 1. The van der Waals surface area contributed by atoms with Crippen LogP contribution in [0.5, 0.6) is 5.75 Å². The number of hydrogen-bond acceptors (Lipinski definition) is 6. The van der Waals surface area contributed by atoms with E-state index in [1.54, 1.807) is 43.3 Å². The molecule has 0 spiro atoms. The number of aliphatic hydroxyl groups is 1. The number of carbonyl (C=O) groups is 2. The highest BCUT2D eigenvalue weighted by molar-refractivity contribution is 14.1. The Hall–Kier alpha value is -3.37. The Bertz CT molecular complexity index is 1350. The van der Waals surface area contributed by atoms with E-state index in [-0.39, 0.29) is 23.0 Å². The van der Waals surface area contributed by atoms with Crippen molar-refractivity contribution in [3.8, 4) is 5.75 Å². The Labute approximate surface area is 226 Å².